The van der Waals surface area contributed by atoms with Crippen LogP contribution in [0.1, 0.15) is 30.4 Å². The Morgan fingerprint density at radius 2 is 2.24 bits per heavy atom. The lowest BCUT2D eigenvalue weighted by atomic mass is 10.1. The van der Waals surface area contributed by atoms with E-state index in [4.69, 9.17) is 5.26 Å². The number of hydrazone groups is 1. The highest BCUT2D eigenvalue weighted by atomic mass is 19.1. The van der Waals surface area contributed by atoms with E-state index in [1.54, 1.807) is 12.1 Å². The molecule has 0 saturated carbocycles. The first-order chi connectivity index (χ1) is 10.1. The van der Waals surface area contributed by atoms with Gasteiger partial charge < -0.3 is 4.90 Å². The molecule has 6 heteroatoms. The molecular formula is C15H17FN4O. The Balaban J connectivity index is 2.11. The third-order valence-corrected chi connectivity index (χ3v) is 3.41. The Bertz CT molecular complexity index is 600. The molecule has 1 aromatic carbocycles. The fourth-order valence-electron chi connectivity index (χ4n) is 2.31. The minimum absolute atomic E-state index is 0.251. The Kier molecular flexibility index (Phi) is 4.88. The summed E-state index contributed by atoms with van der Waals surface area (Å²) >= 11 is 0. The highest BCUT2D eigenvalue weighted by Crippen LogP contribution is 2.26. The number of nitrogens with zero attached hydrogens (tertiary/aromatic N) is 3. The second-order valence-corrected chi connectivity index (χ2v) is 4.98. The first-order valence-electron chi connectivity index (χ1n) is 6.86. The van der Waals surface area contributed by atoms with Gasteiger partial charge in [-0.05, 0) is 37.5 Å². The van der Waals surface area contributed by atoms with Gasteiger partial charge in [-0.3, -0.25) is 4.79 Å². The average Bonchev–Trinajstić information content (AvgIpc) is 2.96. The second-order valence-electron chi connectivity index (χ2n) is 4.98. The van der Waals surface area contributed by atoms with Gasteiger partial charge >= 0.3 is 0 Å². The number of anilines is 1. The van der Waals surface area contributed by atoms with Gasteiger partial charge in [-0.2, -0.15) is 10.4 Å². The fourth-order valence-corrected chi connectivity index (χ4v) is 2.31. The molecule has 0 aromatic heterocycles. The number of carbonyl (C=O) groups is 1. The number of halogens is 1. The van der Waals surface area contributed by atoms with Gasteiger partial charge in [0.15, 0.2) is 0 Å². The topological polar surface area (TPSA) is 68.5 Å². The standard InChI is InChI=1S/C15H17FN4O/c1-11-8-14(20-6-2-3-7-20)13(16)9-12(11)10-18-19-15(21)4-5-17/h8-10H,2-4,6-7H2,1H3,(H,19,21). The van der Waals surface area contributed by atoms with E-state index in [-0.39, 0.29) is 12.2 Å². The molecule has 2 rings (SSSR count). The molecule has 21 heavy (non-hydrogen) atoms. The van der Waals surface area contributed by atoms with Crippen LogP contribution in [0.2, 0.25) is 0 Å². The summed E-state index contributed by atoms with van der Waals surface area (Å²) in [6.45, 7) is 3.64. The summed E-state index contributed by atoms with van der Waals surface area (Å²) in [7, 11) is 0. The largest absolute Gasteiger partial charge is 0.369 e. The molecule has 0 bridgehead atoms. The van der Waals surface area contributed by atoms with Crippen LogP contribution < -0.4 is 10.3 Å². The van der Waals surface area contributed by atoms with E-state index in [9.17, 15) is 9.18 Å². The molecule has 1 heterocycles. The van der Waals surface area contributed by atoms with Gasteiger partial charge in [0, 0.05) is 18.7 Å². The number of hydrogen-bond acceptors (Lipinski definition) is 4. The molecule has 1 aliphatic rings. The second kappa shape index (κ2) is 6.84. The summed E-state index contributed by atoms with van der Waals surface area (Å²) in [6.07, 6.45) is 3.32. The molecular weight excluding hydrogens is 271 g/mol. The minimum Gasteiger partial charge on any atom is -0.369 e. The first-order valence-corrected chi connectivity index (χ1v) is 6.86. The maximum Gasteiger partial charge on any atom is 0.254 e. The molecule has 1 amide bonds. The monoisotopic (exact) mass is 288 g/mol. The van der Waals surface area contributed by atoms with Crippen molar-refractivity contribution < 1.29 is 9.18 Å². The molecule has 1 aliphatic heterocycles. The zero-order chi connectivity index (χ0) is 15.2. The lowest BCUT2D eigenvalue weighted by molar-refractivity contribution is -0.120. The zero-order valence-corrected chi connectivity index (χ0v) is 11.9. The van der Waals surface area contributed by atoms with Crippen molar-refractivity contribution in [3.05, 3.63) is 29.1 Å². The third kappa shape index (κ3) is 3.78. The number of nitriles is 1. The van der Waals surface area contributed by atoms with E-state index in [2.05, 4.69) is 10.5 Å². The number of hydrogen-bond donors (Lipinski definition) is 1. The lowest BCUT2D eigenvalue weighted by Gasteiger charge is -2.19. The van der Waals surface area contributed by atoms with Crippen molar-refractivity contribution in [3.8, 4) is 6.07 Å². The number of amides is 1. The SMILES string of the molecule is Cc1cc(N2CCCC2)c(F)cc1C=NNC(=O)CC#N. The maximum absolute atomic E-state index is 14.2. The van der Waals surface area contributed by atoms with Gasteiger partial charge in [0.2, 0.25) is 0 Å². The highest BCUT2D eigenvalue weighted by molar-refractivity contribution is 5.85. The van der Waals surface area contributed by atoms with Crippen molar-refractivity contribution in [3.63, 3.8) is 0 Å². The lowest BCUT2D eigenvalue weighted by Crippen LogP contribution is -2.19. The molecule has 1 aromatic rings. The van der Waals surface area contributed by atoms with E-state index in [1.807, 2.05) is 11.8 Å². The molecule has 110 valence electrons. The Hall–Kier alpha value is -2.42. The summed E-state index contributed by atoms with van der Waals surface area (Å²) < 4.78 is 14.2. The summed E-state index contributed by atoms with van der Waals surface area (Å²) in [5.41, 5.74) is 4.33. The minimum atomic E-state index is -0.486. The summed E-state index contributed by atoms with van der Waals surface area (Å²) in [4.78, 5) is 13.1. The van der Waals surface area contributed by atoms with Crippen LogP contribution in [0.5, 0.6) is 0 Å². The quantitative estimate of drug-likeness (QED) is 0.681. The van der Waals surface area contributed by atoms with Crippen LogP contribution in [0.25, 0.3) is 0 Å². The van der Waals surface area contributed by atoms with E-state index < -0.39 is 5.91 Å². The average molecular weight is 288 g/mol. The van der Waals surface area contributed by atoms with Crippen LogP contribution in [0.3, 0.4) is 0 Å². The van der Waals surface area contributed by atoms with Gasteiger partial charge in [-0.15, -0.1) is 0 Å². The van der Waals surface area contributed by atoms with Crippen molar-refractivity contribution in [2.75, 3.05) is 18.0 Å². The van der Waals surface area contributed by atoms with Crippen LogP contribution >= 0.6 is 0 Å². The molecule has 0 unspecified atom stereocenters. The van der Waals surface area contributed by atoms with Crippen molar-refractivity contribution in [1.82, 2.24) is 5.43 Å². The number of rotatable bonds is 4. The maximum atomic E-state index is 14.2. The van der Waals surface area contributed by atoms with E-state index in [1.165, 1.54) is 12.3 Å². The van der Waals surface area contributed by atoms with Gasteiger partial charge in [0.1, 0.15) is 12.2 Å². The molecule has 1 saturated heterocycles. The molecule has 0 atom stereocenters. The van der Waals surface area contributed by atoms with Crippen molar-refractivity contribution in [2.45, 2.75) is 26.2 Å². The van der Waals surface area contributed by atoms with Gasteiger partial charge in [-0.25, -0.2) is 9.82 Å². The summed E-state index contributed by atoms with van der Waals surface area (Å²) in [5.74, 6) is -0.770. The Labute approximate surface area is 123 Å². The zero-order valence-electron chi connectivity index (χ0n) is 11.9. The molecule has 0 spiro atoms. The normalized spacial score (nSPS) is 14.4. The van der Waals surface area contributed by atoms with Crippen LogP contribution in [-0.2, 0) is 4.79 Å². The number of aryl methyl sites for hydroxylation is 1. The molecule has 0 aliphatic carbocycles. The molecule has 1 fully saturated rings. The van der Waals surface area contributed by atoms with E-state index in [0.29, 0.717) is 11.3 Å². The molecule has 0 radical (unpaired) electrons. The number of benzene rings is 1. The van der Waals surface area contributed by atoms with Crippen LogP contribution in [-0.4, -0.2) is 25.2 Å². The fraction of sp³-hybridized carbons (Fsp3) is 0.400. The van der Waals surface area contributed by atoms with Crippen LogP contribution in [0, 0.1) is 24.1 Å². The third-order valence-electron chi connectivity index (χ3n) is 3.41. The molecule has 1 N–H and O–H groups in total. The smallest absolute Gasteiger partial charge is 0.254 e. The Morgan fingerprint density at radius 1 is 1.52 bits per heavy atom. The number of carbonyl (C=O) groups excluding carboxylic acids is 1. The molecule has 5 nitrogen and oxygen atoms in total. The van der Waals surface area contributed by atoms with Gasteiger partial charge in [-0.1, -0.05) is 0 Å². The van der Waals surface area contributed by atoms with Crippen molar-refractivity contribution in [2.24, 2.45) is 5.10 Å². The summed E-state index contributed by atoms with van der Waals surface area (Å²) in [5, 5.41) is 12.1. The first kappa shape index (κ1) is 15.0. The van der Waals surface area contributed by atoms with E-state index >= 15 is 0 Å². The van der Waals surface area contributed by atoms with Gasteiger partial charge in [0.05, 0.1) is 18.0 Å². The van der Waals surface area contributed by atoms with E-state index in [0.717, 1.165) is 31.5 Å². The predicted molar refractivity (Wildman–Crippen MR) is 78.6 cm³/mol. The summed E-state index contributed by atoms with van der Waals surface area (Å²) in [6, 6.07) is 4.95. The van der Waals surface area contributed by atoms with Crippen LogP contribution in [0.15, 0.2) is 17.2 Å². The predicted octanol–water partition coefficient (Wildman–Crippen LogP) is 2.10. The van der Waals surface area contributed by atoms with Gasteiger partial charge in [0.25, 0.3) is 5.91 Å². The highest BCUT2D eigenvalue weighted by Gasteiger charge is 2.17. The van der Waals surface area contributed by atoms with Crippen LogP contribution in [0.4, 0.5) is 10.1 Å². The van der Waals surface area contributed by atoms with Crippen molar-refractivity contribution in [1.29, 1.82) is 5.26 Å². The Morgan fingerprint density at radius 3 is 2.90 bits per heavy atom. The number of nitrogens with one attached hydrogen (secondary N) is 1. The van der Waals surface area contributed by atoms with Crippen molar-refractivity contribution >= 4 is 17.8 Å².